The summed E-state index contributed by atoms with van der Waals surface area (Å²) in [4.78, 5) is 29.2. The lowest BCUT2D eigenvalue weighted by Gasteiger charge is -2.07. The van der Waals surface area contributed by atoms with Gasteiger partial charge in [0.05, 0.1) is 5.71 Å². The van der Waals surface area contributed by atoms with Crippen LogP contribution in [0.25, 0.3) is 0 Å². The van der Waals surface area contributed by atoms with Crippen LogP contribution in [0.3, 0.4) is 0 Å². The summed E-state index contributed by atoms with van der Waals surface area (Å²) in [6.45, 7) is 5.12. The van der Waals surface area contributed by atoms with E-state index in [1.807, 2.05) is 24.3 Å². The lowest BCUT2D eigenvalue weighted by Crippen LogP contribution is -2.24. The van der Waals surface area contributed by atoms with Gasteiger partial charge in [-0.15, -0.1) is 0 Å². The lowest BCUT2D eigenvalue weighted by atomic mass is 10.0. The summed E-state index contributed by atoms with van der Waals surface area (Å²) in [5.41, 5.74) is 4.78. The molecule has 0 atom stereocenters. The molecule has 0 aliphatic carbocycles. The number of allylic oxidation sites excluding steroid dienone is 2. The summed E-state index contributed by atoms with van der Waals surface area (Å²) in [5.74, 6) is 0.0367. The van der Waals surface area contributed by atoms with E-state index in [1.54, 1.807) is 19.2 Å². The van der Waals surface area contributed by atoms with Gasteiger partial charge >= 0.3 is 0 Å². The molecule has 0 saturated carbocycles. The van der Waals surface area contributed by atoms with Crippen LogP contribution in [-0.4, -0.2) is 31.0 Å². The fraction of sp³-hybridized carbons (Fsp3) is 0.469. The number of nitrogens with zero attached hydrogens (tertiary/aromatic N) is 1. The van der Waals surface area contributed by atoms with Crippen molar-refractivity contribution in [3.05, 3.63) is 82.9 Å². The van der Waals surface area contributed by atoms with Gasteiger partial charge in [0.1, 0.15) is 0 Å². The highest BCUT2D eigenvalue weighted by atomic mass is 16.1. The summed E-state index contributed by atoms with van der Waals surface area (Å²) in [5, 5.41) is 3.01. The van der Waals surface area contributed by atoms with Gasteiger partial charge in [0.15, 0.2) is 5.78 Å². The minimum Gasteiger partial charge on any atom is -0.352 e. The first kappa shape index (κ1) is 29.2. The molecular formula is C32H44N2O2. The van der Waals surface area contributed by atoms with Gasteiger partial charge in [-0.3, -0.25) is 14.6 Å². The standard InChI is InChI=1S/C32H44N2O2/c1-4-6-7-8-9-10-11-24-34-32(36)29-19-17-28(18-20-29)31(33-3)23-22-30(35)21-16-27-15-12-14-26(25-27)13-5-2/h12,14-15,17-20,22-23,25H,4-11,13,16,21,24H2,1-3H3,(H,34,36)/b23-22-,33-31?. The number of carbonyl (C=O) groups is 2. The number of hydrogen-bond acceptors (Lipinski definition) is 3. The highest BCUT2D eigenvalue weighted by Crippen LogP contribution is 2.11. The van der Waals surface area contributed by atoms with Gasteiger partial charge in [-0.1, -0.05) is 95.2 Å². The summed E-state index contributed by atoms with van der Waals surface area (Å²) in [6, 6.07) is 15.9. The Balaban J connectivity index is 1.78. The van der Waals surface area contributed by atoms with Gasteiger partial charge in [-0.25, -0.2) is 0 Å². The van der Waals surface area contributed by atoms with E-state index >= 15 is 0 Å². The molecule has 36 heavy (non-hydrogen) atoms. The molecule has 0 saturated heterocycles. The van der Waals surface area contributed by atoms with Gasteiger partial charge in [0.2, 0.25) is 0 Å². The molecule has 0 aromatic heterocycles. The molecule has 0 spiro atoms. The van der Waals surface area contributed by atoms with Crippen LogP contribution in [0, 0.1) is 0 Å². The monoisotopic (exact) mass is 488 g/mol. The molecule has 0 heterocycles. The minimum absolute atomic E-state index is 0.0451. The van der Waals surface area contributed by atoms with Gasteiger partial charge in [0, 0.05) is 25.6 Å². The zero-order chi connectivity index (χ0) is 26.0. The molecule has 1 N–H and O–H groups in total. The molecule has 0 radical (unpaired) electrons. The molecule has 0 unspecified atom stereocenters. The van der Waals surface area contributed by atoms with Crippen molar-refractivity contribution in [2.24, 2.45) is 4.99 Å². The highest BCUT2D eigenvalue weighted by molar-refractivity contribution is 6.11. The van der Waals surface area contributed by atoms with Crippen molar-refractivity contribution in [2.45, 2.75) is 84.5 Å². The third-order valence-electron chi connectivity index (χ3n) is 6.37. The molecule has 0 aliphatic heterocycles. The molecule has 0 aliphatic rings. The van der Waals surface area contributed by atoms with Crippen LogP contribution in [0.5, 0.6) is 0 Å². The molecule has 2 aromatic carbocycles. The number of aliphatic imine (C=N–C) groups is 1. The predicted molar refractivity (Wildman–Crippen MR) is 152 cm³/mol. The number of carbonyl (C=O) groups excluding carboxylic acids is 2. The average Bonchev–Trinajstić information content (AvgIpc) is 2.90. The minimum atomic E-state index is -0.0451. The van der Waals surface area contributed by atoms with E-state index in [1.165, 1.54) is 43.2 Å². The average molecular weight is 489 g/mol. The second kappa shape index (κ2) is 17.4. The first-order valence-corrected chi connectivity index (χ1v) is 13.7. The van der Waals surface area contributed by atoms with Gasteiger partial charge < -0.3 is 5.32 Å². The number of rotatable bonds is 17. The molecule has 194 valence electrons. The van der Waals surface area contributed by atoms with E-state index < -0.39 is 0 Å². The lowest BCUT2D eigenvalue weighted by molar-refractivity contribution is -0.114. The Morgan fingerprint density at radius 2 is 1.42 bits per heavy atom. The van der Waals surface area contributed by atoms with E-state index in [9.17, 15) is 9.59 Å². The highest BCUT2D eigenvalue weighted by Gasteiger charge is 2.07. The molecule has 0 bridgehead atoms. The van der Waals surface area contributed by atoms with Crippen molar-refractivity contribution in [2.75, 3.05) is 13.6 Å². The van der Waals surface area contributed by atoms with E-state index in [0.717, 1.165) is 43.4 Å². The van der Waals surface area contributed by atoms with Crippen LogP contribution in [0.1, 0.15) is 98.7 Å². The third-order valence-corrected chi connectivity index (χ3v) is 6.37. The van der Waals surface area contributed by atoms with Crippen LogP contribution in [-0.2, 0) is 17.6 Å². The van der Waals surface area contributed by atoms with Crippen molar-refractivity contribution >= 4 is 17.4 Å². The summed E-state index contributed by atoms with van der Waals surface area (Å²) >= 11 is 0. The second-order valence-corrected chi connectivity index (χ2v) is 9.43. The first-order valence-electron chi connectivity index (χ1n) is 13.7. The fourth-order valence-electron chi connectivity index (χ4n) is 4.23. The molecule has 1 amide bonds. The summed E-state index contributed by atoms with van der Waals surface area (Å²) < 4.78 is 0. The van der Waals surface area contributed by atoms with Crippen molar-refractivity contribution < 1.29 is 9.59 Å². The predicted octanol–water partition coefficient (Wildman–Crippen LogP) is 7.30. The summed E-state index contributed by atoms with van der Waals surface area (Å²) in [6.07, 6.45) is 15.4. The molecular weight excluding hydrogens is 444 g/mol. The number of nitrogens with one attached hydrogen (secondary N) is 1. The topological polar surface area (TPSA) is 58.5 Å². The van der Waals surface area contributed by atoms with Gasteiger partial charge in [-0.05, 0) is 60.2 Å². The maximum absolute atomic E-state index is 12.4. The number of unbranched alkanes of at least 4 members (excludes halogenated alkanes) is 6. The maximum atomic E-state index is 12.4. The quantitative estimate of drug-likeness (QED) is 0.144. The SMILES string of the molecule is CCCCCCCCCNC(=O)c1ccc(C(/C=C\C(=O)CCc2cccc(CCC)c2)=NC)cc1. The van der Waals surface area contributed by atoms with E-state index in [-0.39, 0.29) is 11.7 Å². The molecule has 4 heteroatoms. The van der Waals surface area contributed by atoms with E-state index in [0.29, 0.717) is 18.5 Å². The van der Waals surface area contributed by atoms with Crippen molar-refractivity contribution in [3.63, 3.8) is 0 Å². The Bertz CT molecular complexity index is 989. The zero-order valence-electron chi connectivity index (χ0n) is 22.5. The Kier molecular flexibility index (Phi) is 14.1. The Hall–Kier alpha value is -3.01. The van der Waals surface area contributed by atoms with Crippen LogP contribution in [0.2, 0.25) is 0 Å². The van der Waals surface area contributed by atoms with Crippen LogP contribution in [0.4, 0.5) is 0 Å². The largest absolute Gasteiger partial charge is 0.352 e. The number of ketones is 1. The number of aryl methyl sites for hydroxylation is 2. The van der Waals surface area contributed by atoms with Crippen LogP contribution in [0.15, 0.2) is 65.7 Å². The number of benzene rings is 2. The summed E-state index contributed by atoms with van der Waals surface area (Å²) in [7, 11) is 1.71. The molecule has 4 nitrogen and oxygen atoms in total. The van der Waals surface area contributed by atoms with E-state index in [4.69, 9.17) is 0 Å². The molecule has 2 aromatic rings. The van der Waals surface area contributed by atoms with Crippen molar-refractivity contribution in [3.8, 4) is 0 Å². The number of hydrogen-bond donors (Lipinski definition) is 1. The van der Waals surface area contributed by atoms with Crippen LogP contribution >= 0.6 is 0 Å². The van der Waals surface area contributed by atoms with Gasteiger partial charge in [-0.2, -0.15) is 0 Å². The third kappa shape index (κ3) is 11.2. The van der Waals surface area contributed by atoms with Gasteiger partial charge in [0.25, 0.3) is 5.91 Å². The molecule has 0 fully saturated rings. The fourth-order valence-corrected chi connectivity index (χ4v) is 4.23. The normalized spacial score (nSPS) is 11.7. The van der Waals surface area contributed by atoms with Crippen molar-refractivity contribution in [1.29, 1.82) is 0 Å². The Labute approximate surface area is 218 Å². The molecule has 2 rings (SSSR count). The maximum Gasteiger partial charge on any atom is 0.251 e. The van der Waals surface area contributed by atoms with Crippen molar-refractivity contribution in [1.82, 2.24) is 5.32 Å². The zero-order valence-corrected chi connectivity index (χ0v) is 22.5. The van der Waals surface area contributed by atoms with Crippen LogP contribution < -0.4 is 5.32 Å². The smallest absolute Gasteiger partial charge is 0.251 e. The van der Waals surface area contributed by atoms with E-state index in [2.05, 4.69) is 48.4 Å². The second-order valence-electron chi connectivity index (χ2n) is 9.43. The first-order chi connectivity index (χ1) is 17.6. The number of amides is 1. The Morgan fingerprint density at radius 3 is 2.08 bits per heavy atom. The Morgan fingerprint density at radius 1 is 0.778 bits per heavy atom.